The molecule has 0 amide bonds. The Morgan fingerprint density at radius 2 is 2.00 bits per heavy atom. The van der Waals surface area contributed by atoms with Gasteiger partial charge in [0.15, 0.2) is 0 Å². The zero-order valence-corrected chi connectivity index (χ0v) is 7.91. The minimum Gasteiger partial charge on any atom is -0.263 e. The molecule has 1 aromatic rings. The highest BCUT2D eigenvalue weighted by Gasteiger charge is 2.15. The van der Waals surface area contributed by atoms with Crippen molar-refractivity contribution < 1.29 is 4.84 Å². The van der Waals surface area contributed by atoms with Gasteiger partial charge in [-0.05, 0) is 27.6 Å². The SMILES string of the molecule is BrC1=C[C@@H](c2ccccc2)ON1. The van der Waals surface area contributed by atoms with Crippen LogP contribution in [-0.2, 0) is 4.84 Å². The Morgan fingerprint density at radius 1 is 1.25 bits per heavy atom. The lowest BCUT2D eigenvalue weighted by Crippen LogP contribution is -2.04. The Morgan fingerprint density at radius 3 is 2.58 bits per heavy atom. The third-order valence-corrected chi connectivity index (χ3v) is 2.14. The first-order valence-electron chi connectivity index (χ1n) is 3.70. The molecular formula is C9H8BrNO. The van der Waals surface area contributed by atoms with E-state index in [0.29, 0.717) is 0 Å². The molecule has 12 heavy (non-hydrogen) atoms. The van der Waals surface area contributed by atoms with E-state index in [2.05, 4.69) is 21.4 Å². The summed E-state index contributed by atoms with van der Waals surface area (Å²) in [4.78, 5) is 5.26. The number of nitrogens with one attached hydrogen (secondary N) is 1. The molecule has 0 saturated heterocycles. The van der Waals surface area contributed by atoms with Gasteiger partial charge in [0.05, 0.1) is 0 Å². The zero-order chi connectivity index (χ0) is 8.39. The van der Waals surface area contributed by atoms with E-state index in [-0.39, 0.29) is 6.10 Å². The summed E-state index contributed by atoms with van der Waals surface area (Å²) in [6.45, 7) is 0. The topological polar surface area (TPSA) is 21.3 Å². The maximum atomic E-state index is 5.26. The van der Waals surface area contributed by atoms with Gasteiger partial charge in [-0.25, -0.2) is 0 Å². The second-order valence-electron chi connectivity index (χ2n) is 2.57. The van der Waals surface area contributed by atoms with Crippen LogP contribution in [0, 0.1) is 0 Å². The number of hydrogen-bond acceptors (Lipinski definition) is 2. The molecule has 2 nitrogen and oxygen atoms in total. The van der Waals surface area contributed by atoms with Crippen molar-refractivity contribution in [2.45, 2.75) is 6.10 Å². The summed E-state index contributed by atoms with van der Waals surface area (Å²) in [5.41, 5.74) is 3.90. The molecule has 2 rings (SSSR count). The highest BCUT2D eigenvalue weighted by Crippen LogP contribution is 2.25. The van der Waals surface area contributed by atoms with Crippen LogP contribution in [0.1, 0.15) is 11.7 Å². The van der Waals surface area contributed by atoms with Gasteiger partial charge >= 0.3 is 0 Å². The van der Waals surface area contributed by atoms with Crippen molar-refractivity contribution in [2.24, 2.45) is 0 Å². The quantitative estimate of drug-likeness (QED) is 0.743. The van der Waals surface area contributed by atoms with E-state index >= 15 is 0 Å². The van der Waals surface area contributed by atoms with Gasteiger partial charge in [0.1, 0.15) is 10.7 Å². The second kappa shape index (κ2) is 3.29. The maximum absolute atomic E-state index is 5.26. The molecular weight excluding hydrogens is 218 g/mol. The fourth-order valence-corrected chi connectivity index (χ4v) is 1.46. The predicted molar refractivity (Wildman–Crippen MR) is 50.4 cm³/mol. The zero-order valence-electron chi connectivity index (χ0n) is 6.33. The van der Waals surface area contributed by atoms with Crippen LogP contribution in [-0.4, -0.2) is 0 Å². The van der Waals surface area contributed by atoms with Crippen molar-refractivity contribution >= 4 is 15.9 Å². The van der Waals surface area contributed by atoms with E-state index in [1.165, 1.54) is 0 Å². The molecule has 0 unspecified atom stereocenters. The summed E-state index contributed by atoms with van der Waals surface area (Å²) in [6, 6.07) is 10.1. The standard InChI is InChI=1S/C9H8BrNO/c10-9-6-8(12-11-9)7-4-2-1-3-5-7/h1-6,8,11H/t8-/m0/s1. The summed E-state index contributed by atoms with van der Waals surface area (Å²) in [6.07, 6.45) is 2.01. The van der Waals surface area contributed by atoms with E-state index < -0.39 is 0 Å². The van der Waals surface area contributed by atoms with Gasteiger partial charge < -0.3 is 0 Å². The Hall–Kier alpha value is -0.800. The fraction of sp³-hybridized carbons (Fsp3) is 0.111. The van der Waals surface area contributed by atoms with Crippen LogP contribution in [0.4, 0.5) is 0 Å². The first kappa shape index (κ1) is 7.83. The fourth-order valence-electron chi connectivity index (χ4n) is 1.13. The summed E-state index contributed by atoms with van der Waals surface area (Å²) in [5.74, 6) is 0. The molecule has 3 heteroatoms. The van der Waals surface area contributed by atoms with Gasteiger partial charge in [-0.1, -0.05) is 30.3 Å². The van der Waals surface area contributed by atoms with Crippen LogP contribution in [0.5, 0.6) is 0 Å². The van der Waals surface area contributed by atoms with Crippen LogP contribution < -0.4 is 5.48 Å². The van der Waals surface area contributed by atoms with Crippen LogP contribution >= 0.6 is 15.9 Å². The molecule has 1 heterocycles. The molecule has 1 N–H and O–H groups in total. The number of hydroxylamine groups is 1. The molecule has 0 bridgehead atoms. The van der Waals surface area contributed by atoms with Crippen molar-refractivity contribution in [3.8, 4) is 0 Å². The van der Waals surface area contributed by atoms with Crippen molar-refractivity contribution in [1.29, 1.82) is 0 Å². The molecule has 62 valence electrons. The van der Waals surface area contributed by atoms with Crippen LogP contribution in [0.15, 0.2) is 41.0 Å². The molecule has 0 radical (unpaired) electrons. The smallest absolute Gasteiger partial charge is 0.131 e. The summed E-state index contributed by atoms with van der Waals surface area (Å²) >= 11 is 3.30. The van der Waals surface area contributed by atoms with Gasteiger partial charge in [-0.15, -0.1) is 0 Å². The van der Waals surface area contributed by atoms with Crippen LogP contribution in [0.2, 0.25) is 0 Å². The minimum absolute atomic E-state index is 0.0283. The van der Waals surface area contributed by atoms with Crippen molar-refractivity contribution in [1.82, 2.24) is 5.48 Å². The average molecular weight is 226 g/mol. The van der Waals surface area contributed by atoms with E-state index in [1.54, 1.807) is 0 Å². The first-order valence-corrected chi connectivity index (χ1v) is 4.49. The third kappa shape index (κ3) is 1.52. The second-order valence-corrected chi connectivity index (χ2v) is 3.42. The van der Waals surface area contributed by atoms with Crippen molar-refractivity contribution in [3.05, 3.63) is 46.6 Å². The summed E-state index contributed by atoms with van der Waals surface area (Å²) in [5, 5.41) is 0. The van der Waals surface area contributed by atoms with E-state index in [9.17, 15) is 0 Å². The van der Waals surface area contributed by atoms with E-state index in [1.807, 2.05) is 36.4 Å². The van der Waals surface area contributed by atoms with Gasteiger partial charge in [0, 0.05) is 0 Å². The van der Waals surface area contributed by atoms with E-state index in [0.717, 1.165) is 10.2 Å². The average Bonchev–Trinajstić information content (AvgIpc) is 2.54. The number of benzene rings is 1. The van der Waals surface area contributed by atoms with Crippen molar-refractivity contribution in [2.75, 3.05) is 0 Å². The largest absolute Gasteiger partial charge is 0.263 e. The number of hydrogen-bond donors (Lipinski definition) is 1. The predicted octanol–water partition coefficient (Wildman–Crippen LogP) is 2.50. The van der Waals surface area contributed by atoms with Gasteiger partial charge in [0.2, 0.25) is 0 Å². The highest BCUT2D eigenvalue weighted by atomic mass is 79.9. The van der Waals surface area contributed by atoms with Gasteiger partial charge in [-0.3, -0.25) is 10.3 Å². The Kier molecular flexibility index (Phi) is 2.15. The Balaban J connectivity index is 2.22. The lowest BCUT2D eigenvalue weighted by molar-refractivity contribution is 0.0458. The molecule has 0 spiro atoms. The maximum Gasteiger partial charge on any atom is 0.131 e. The molecule has 1 aliphatic heterocycles. The molecule has 0 fully saturated rings. The molecule has 0 aliphatic carbocycles. The minimum atomic E-state index is 0.0283. The molecule has 1 aliphatic rings. The monoisotopic (exact) mass is 225 g/mol. The highest BCUT2D eigenvalue weighted by molar-refractivity contribution is 9.11. The summed E-state index contributed by atoms with van der Waals surface area (Å²) in [7, 11) is 0. The molecule has 0 aromatic heterocycles. The molecule has 1 atom stereocenters. The normalized spacial score (nSPS) is 21.8. The number of rotatable bonds is 1. The lowest BCUT2D eigenvalue weighted by Gasteiger charge is -2.05. The lowest BCUT2D eigenvalue weighted by atomic mass is 10.1. The Bertz CT molecular complexity index is 297. The van der Waals surface area contributed by atoms with Crippen LogP contribution in [0.3, 0.4) is 0 Å². The molecule has 1 aromatic carbocycles. The van der Waals surface area contributed by atoms with E-state index in [4.69, 9.17) is 4.84 Å². The summed E-state index contributed by atoms with van der Waals surface area (Å²) < 4.78 is 0.886. The van der Waals surface area contributed by atoms with Gasteiger partial charge in [0.25, 0.3) is 0 Å². The molecule has 0 saturated carbocycles. The van der Waals surface area contributed by atoms with Gasteiger partial charge in [-0.2, -0.15) is 0 Å². The van der Waals surface area contributed by atoms with Crippen molar-refractivity contribution in [3.63, 3.8) is 0 Å². The Labute approximate surface area is 79.3 Å². The first-order chi connectivity index (χ1) is 5.86. The van der Waals surface area contributed by atoms with Crippen LogP contribution in [0.25, 0.3) is 0 Å². The third-order valence-electron chi connectivity index (χ3n) is 1.71. The number of halogens is 1.